The highest BCUT2D eigenvalue weighted by atomic mass is 35.5. The van der Waals surface area contributed by atoms with Crippen LogP contribution in [0.2, 0.25) is 5.02 Å². The first-order valence-electron chi connectivity index (χ1n) is 10.0. The Balaban J connectivity index is 1.76. The van der Waals surface area contributed by atoms with Crippen LogP contribution in [-0.2, 0) is 9.53 Å². The molecule has 0 saturated carbocycles. The molecule has 0 radical (unpaired) electrons. The molecule has 1 aromatic rings. The molecule has 0 aliphatic carbocycles. The summed E-state index contributed by atoms with van der Waals surface area (Å²) in [7, 11) is 0. The number of carbonyl (C=O) groups excluding carboxylic acids is 1. The number of hydrogen-bond acceptors (Lipinski definition) is 4. The van der Waals surface area contributed by atoms with Gasteiger partial charge in [-0.3, -0.25) is 4.79 Å². The largest absolute Gasteiger partial charge is 0.382 e. The molecule has 1 fully saturated rings. The van der Waals surface area contributed by atoms with Crippen LogP contribution in [0.3, 0.4) is 0 Å². The maximum atomic E-state index is 12.5. The van der Waals surface area contributed by atoms with Crippen LogP contribution in [-0.4, -0.2) is 75.8 Å². The first-order chi connectivity index (χ1) is 13.6. The van der Waals surface area contributed by atoms with Crippen molar-refractivity contribution in [2.75, 3.05) is 63.9 Å². The molecule has 1 amide bonds. The van der Waals surface area contributed by atoms with E-state index in [0.717, 1.165) is 56.5 Å². The highest BCUT2D eigenvalue weighted by Crippen LogP contribution is 2.19. The van der Waals surface area contributed by atoms with E-state index < -0.39 is 0 Å². The molecular formula is C20H32ClN5O2. The predicted octanol–water partition coefficient (Wildman–Crippen LogP) is 1.97. The zero-order chi connectivity index (χ0) is 20.2. The molecule has 8 heteroatoms. The molecule has 156 valence electrons. The van der Waals surface area contributed by atoms with Crippen molar-refractivity contribution in [2.24, 2.45) is 4.99 Å². The van der Waals surface area contributed by atoms with Crippen LogP contribution in [0.5, 0.6) is 0 Å². The number of hydrogen-bond donors (Lipinski definition) is 2. The summed E-state index contributed by atoms with van der Waals surface area (Å²) in [5, 5.41) is 7.15. The van der Waals surface area contributed by atoms with Crippen molar-refractivity contribution in [3.05, 3.63) is 29.3 Å². The minimum Gasteiger partial charge on any atom is -0.382 e. The van der Waals surface area contributed by atoms with E-state index in [1.807, 2.05) is 43.0 Å². The monoisotopic (exact) mass is 409 g/mol. The third-order valence-electron chi connectivity index (χ3n) is 4.50. The quantitative estimate of drug-likeness (QED) is 0.371. The molecule has 0 unspecified atom stereocenters. The topological polar surface area (TPSA) is 69.2 Å². The number of rotatable bonds is 9. The Kier molecular flexibility index (Phi) is 9.93. The molecule has 2 N–H and O–H groups in total. The van der Waals surface area contributed by atoms with Gasteiger partial charge in [0, 0.05) is 63.2 Å². The number of amides is 1. The van der Waals surface area contributed by atoms with Gasteiger partial charge in [-0.05, 0) is 44.5 Å². The molecular weight excluding hydrogens is 378 g/mol. The van der Waals surface area contributed by atoms with Gasteiger partial charge in [-0.15, -0.1) is 0 Å². The Labute approximate surface area is 173 Å². The lowest BCUT2D eigenvalue weighted by molar-refractivity contribution is -0.129. The molecule has 28 heavy (non-hydrogen) atoms. The Hall–Kier alpha value is -1.99. The van der Waals surface area contributed by atoms with Crippen LogP contribution in [0.1, 0.15) is 20.3 Å². The number of nitrogens with one attached hydrogen (secondary N) is 2. The summed E-state index contributed by atoms with van der Waals surface area (Å²) in [4.78, 5) is 21.1. The van der Waals surface area contributed by atoms with Crippen molar-refractivity contribution in [3.63, 3.8) is 0 Å². The number of halogens is 1. The maximum absolute atomic E-state index is 12.5. The van der Waals surface area contributed by atoms with Crippen molar-refractivity contribution >= 4 is 29.2 Å². The molecule has 1 aromatic carbocycles. The van der Waals surface area contributed by atoms with E-state index in [-0.39, 0.29) is 12.5 Å². The summed E-state index contributed by atoms with van der Waals surface area (Å²) in [5.41, 5.74) is 1.14. The van der Waals surface area contributed by atoms with E-state index in [0.29, 0.717) is 19.0 Å². The fourth-order valence-electron chi connectivity index (χ4n) is 2.98. The van der Waals surface area contributed by atoms with Gasteiger partial charge < -0.3 is 25.2 Å². The zero-order valence-corrected chi connectivity index (χ0v) is 17.7. The van der Waals surface area contributed by atoms with Gasteiger partial charge in [0.25, 0.3) is 0 Å². The van der Waals surface area contributed by atoms with E-state index in [9.17, 15) is 4.79 Å². The summed E-state index contributed by atoms with van der Waals surface area (Å²) >= 11 is 5.95. The van der Waals surface area contributed by atoms with Crippen molar-refractivity contribution in [1.82, 2.24) is 15.5 Å². The number of aliphatic imine (C=N–C) groups is 1. The number of carbonyl (C=O) groups is 1. The second-order valence-corrected chi connectivity index (χ2v) is 6.95. The van der Waals surface area contributed by atoms with Gasteiger partial charge in [-0.25, -0.2) is 4.99 Å². The van der Waals surface area contributed by atoms with Gasteiger partial charge >= 0.3 is 0 Å². The third kappa shape index (κ3) is 7.56. The Morgan fingerprint density at radius 3 is 2.50 bits per heavy atom. The van der Waals surface area contributed by atoms with Crippen LogP contribution in [0, 0.1) is 0 Å². The van der Waals surface area contributed by atoms with Crippen molar-refractivity contribution < 1.29 is 9.53 Å². The van der Waals surface area contributed by atoms with E-state index in [1.54, 1.807) is 0 Å². The van der Waals surface area contributed by atoms with Crippen molar-refractivity contribution in [3.8, 4) is 0 Å². The predicted molar refractivity (Wildman–Crippen MR) is 115 cm³/mol. The van der Waals surface area contributed by atoms with E-state index in [2.05, 4.69) is 20.5 Å². The van der Waals surface area contributed by atoms with Gasteiger partial charge in [-0.2, -0.15) is 0 Å². The highest BCUT2D eigenvalue weighted by molar-refractivity contribution is 6.30. The minimum atomic E-state index is 0.0577. The number of guanidine groups is 1. The van der Waals surface area contributed by atoms with Crippen LogP contribution in [0.25, 0.3) is 0 Å². The zero-order valence-electron chi connectivity index (χ0n) is 16.9. The molecule has 1 heterocycles. The van der Waals surface area contributed by atoms with Gasteiger partial charge in [0.2, 0.25) is 5.91 Å². The average molecular weight is 410 g/mol. The van der Waals surface area contributed by atoms with Gasteiger partial charge in [0.05, 0.1) is 0 Å². The number of nitrogens with zero attached hydrogens (tertiary/aromatic N) is 3. The smallest absolute Gasteiger partial charge is 0.244 e. The molecule has 0 atom stereocenters. The summed E-state index contributed by atoms with van der Waals surface area (Å²) < 4.78 is 5.33. The molecule has 7 nitrogen and oxygen atoms in total. The number of benzene rings is 1. The van der Waals surface area contributed by atoms with Crippen molar-refractivity contribution in [1.29, 1.82) is 0 Å². The summed E-state index contributed by atoms with van der Waals surface area (Å²) in [6, 6.07) is 7.83. The molecule has 2 rings (SSSR count). The normalized spacial score (nSPS) is 14.9. The summed E-state index contributed by atoms with van der Waals surface area (Å²) in [5.74, 6) is 0.731. The molecule has 0 aromatic heterocycles. The minimum absolute atomic E-state index is 0.0577. The second kappa shape index (κ2) is 12.5. The SMILES string of the molecule is CCNC(=NCC(=O)N1CCN(c2ccc(Cl)cc2)CC1)NCCCOCC. The molecule has 1 saturated heterocycles. The second-order valence-electron chi connectivity index (χ2n) is 6.52. The fraction of sp³-hybridized carbons (Fsp3) is 0.600. The molecule has 0 bridgehead atoms. The van der Waals surface area contributed by atoms with E-state index in [1.165, 1.54) is 0 Å². The van der Waals surface area contributed by atoms with Crippen molar-refractivity contribution in [2.45, 2.75) is 20.3 Å². The maximum Gasteiger partial charge on any atom is 0.244 e. The lowest BCUT2D eigenvalue weighted by Crippen LogP contribution is -2.49. The van der Waals surface area contributed by atoms with Gasteiger partial charge in [-0.1, -0.05) is 11.6 Å². The molecule has 1 aliphatic rings. The van der Waals surface area contributed by atoms with E-state index >= 15 is 0 Å². The molecule has 1 aliphatic heterocycles. The number of anilines is 1. The number of ether oxygens (including phenoxy) is 1. The highest BCUT2D eigenvalue weighted by Gasteiger charge is 2.21. The van der Waals surface area contributed by atoms with Crippen LogP contribution < -0.4 is 15.5 Å². The lowest BCUT2D eigenvalue weighted by Gasteiger charge is -2.36. The summed E-state index contributed by atoms with van der Waals surface area (Å²) in [6.07, 6.45) is 0.902. The lowest BCUT2D eigenvalue weighted by atomic mass is 10.2. The average Bonchev–Trinajstić information content (AvgIpc) is 2.72. The van der Waals surface area contributed by atoms with Crippen LogP contribution in [0.4, 0.5) is 5.69 Å². The first-order valence-corrected chi connectivity index (χ1v) is 10.4. The van der Waals surface area contributed by atoms with Gasteiger partial charge in [0.15, 0.2) is 5.96 Å². The molecule has 0 spiro atoms. The first kappa shape index (κ1) is 22.3. The van der Waals surface area contributed by atoms with Crippen LogP contribution >= 0.6 is 11.6 Å². The number of piperazine rings is 1. The summed E-state index contributed by atoms with van der Waals surface area (Å²) in [6.45, 7) is 10.2. The van der Waals surface area contributed by atoms with Gasteiger partial charge in [0.1, 0.15) is 6.54 Å². The third-order valence-corrected chi connectivity index (χ3v) is 4.75. The fourth-order valence-corrected chi connectivity index (χ4v) is 3.11. The van der Waals surface area contributed by atoms with Crippen LogP contribution in [0.15, 0.2) is 29.3 Å². The Bertz CT molecular complexity index is 616. The Morgan fingerprint density at radius 1 is 1.14 bits per heavy atom. The van der Waals surface area contributed by atoms with E-state index in [4.69, 9.17) is 16.3 Å². The standard InChI is InChI=1S/C20H32ClN5O2/c1-3-22-20(23-10-5-15-28-4-2)24-16-19(27)26-13-11-25(12-14-26)18-8-6-17(21)7-9-18/h6-9H,3-5,10-16H2,1-2H3,(H2,22,23,24). The Morgan fingerprint density at radius 2 is 1.86 bits per heavy atom.